The topological polar surface area (TPSA) is 21.3 Å². The van der Waals surface area contributed by atoms with Gasteiger partial charge in [-0.05, 0) is 52.4 Å². The van der Waals surface area contributed by atoms with E-state index in [1.165, 1.54) is 19.3 Å². The normalized spacial score (nSPS) is 34.1. The van der Waals surface area contributed by atoms with E-state index >= 15 is 0 Å². The smallest absolute Gasteiger partial charge is 0.0641 e. The van der Waals surface area contributed by atoms with Crippen molar-refractivity contribution in [1.82, 2.24) is 5.32 Å². The molecule has 0 aromatic carbocycles. The van der Waals surface area contributed by atoms with Crippen LogP contribution < -0.4 is 5.32 Å². The number of rotatable bonds is 3. The van der Waals surface area contributed by atoms with Gasteiger partial charge in [0, 0.05) is 18.7 Å². The molecule has 0 bridgehead atoms. The van der Waals surface area contributed by atoms with Crippen LogP contribution in [0.1, 0.15) is 46.5 Å². The van der Waals surface area contributed by atoms with Gasteiger partial charge in [-0.1, -0.05) is 0 Å². The molecule has 1 saturated heterocycles. The largest absolute Gasteiger partial charge is 0.375 e. The number of hydrogen-bond donors (Lipinski definition) is 1. The number of hydrogen-bond acceptors (Lipinski definition) is 2. The van der Waals surface area contributed by atoms with E-state index in [9.17, 15) is 0 Å². The summed E-state index contributed by atoms with van der Waals surface area (Å²) in [5.41, 5.74) is 0.0825. The highest BCUT2D eigenvalue weighted by atomic mass is 16.5. The van der Waals surface area contributed by atoms with Crippen LogP contribution in [0.2, 0.25) is 0 Å². The van der Waals surface area contributed by atoms with E-state index in [1.54, 1.807) is 0 Å². The molecular formula is C12H23NO. The van der Waals surface area contributed by atoms with Crippen molar-refractivity contribution in [2.24, 2.45) is 5.92 Å². The van der Waals surface area contributed by atoms with Crippen LogP contribution in [0, 0.1) is 5.92 Å². The Balaban J connectivity index is 1.79. The fourth-order valence-electron chi connectivity index (χ4n) is 2.48. The van der Waals surface area contributed by atoms with Gasteiger partial charge in [0.15, 0.2) is 0 Å². The first kappa shape index (κ1) is 10.4. The maximum Gasteiger partial charge on any atom is 0.0641 e. The van der Waals surface area contributed by atoms with Gasteiger partial charge in [0.05, 0.1) is 5.60 Å². The summed E-state index contributed by atoms with van der Waals surface area (Å²) >= 11 is 0. The van der Waals surface area contributed by atoms with E-state index in [1.807, 2.05) is 0 Å². The molecule has 0 aromatic heterocycles. The zero-order valence-electron chi connectivity index (χ0n) is 9.68. The summed E-state index contributed by atoms with van der Waals surface area (Å²) in [6.07, 6.45) is 5.20. The fourth-order valence-corrected chi connectivity index (χ4v) is 2.48. The van der Waals surface area contributed by atoms with Crippen LogP contribution >= 0.6 is 0 Å². The second kappa shape index (κ2) is 3.82. The van der Waals surface area contributed by atoms with Crippen LogP contribution in [0.5, 0.6) is 0 Å². The van der Waals surface area contributed by atoms with Crippen LogP contribution in [0.4, 0.5) is 0 Å². The monoisotopic (exact) mass is 197 g/mol. The molecule has 1 aliphatic heterocycles. The lowest BCUT2D eigenvalue weighted by Gasteiger charge is -2.37. The van der Waals surface area contributed by atoms with Gasteiger partial charge < -0.3 is 10.1 Å². The summed E-state index contributed by atoms with van der Waals surface area (Å²) in [5.74, 6) is 0.959. The van der Waals surface area contributed by atoms with E-state index < -0.39 is 0 Å². The fraction of sp³-hybridized carbons (Fsp3) is 1.00. The van der Waals surface area contributed by atoms with E-state index in [4.69, 9.17) is 4.74 Å². The minimum absolute atomic E-state index is 0.0825. The molecule has 82 valence electrons. The molecule has 1 aliphatic carbocycles. The lowest BCUT2D eigenvalue weighted by molar-refractivity contribution is -0.0641. The lowest BCUT2D eigenvalue weighted by Crippen LogP contribution is -2.47. The van der Waals surface area contributed by atoms with Gasteiger partial charge in [-0.2, -0.15) is 0 Å². The van der Waals surface area contributed by atoms with Crippen LogP contribution in [0.15, 0.2) is 0 Å². The Morgan fingerprint density at radius 2 is 2.00 bits per heavy atom. The van der Waals surface area contributed by atoms with Gasteiger partial charge in [-0.15, -0.1) is 0 Å². The minimum atomic E-state index is 0.0825. The zero-order valence-corrected chi connectivity index (χ0v) is 9.68. The molecule has 2 unspecified atom stereocenters. The number of nitrogens with one attached hydrogen (secondary N) is 1. The second-order valence-electron chi connectivity index (χ2n) is 5.59. The first-order chi connectivity index (χ1) is 6.57. The molecule has 1 N–H and O–H groups in total. The molecule has 2 aliphatic rings. The van der Waals surface area contributed by atoms with Gasteiger partial charge in [0.1, 0.15) is 0 Å². The van der Waals surface area contributed by atoms with Crippen LogP contribution in [-0.2, 0) is 4.74 Å². The summed E-state index contributed by atoms with van der Waals surface area (Å²) < 4.78 is 5.71. The van der Waals surface area contributed by atoms with Gasteiger partial charge in [0.25, 0.3) is 0 Å². The van der Waals surface area contributed by atoms with E-state index in [0.717, 1.165) is 18.9 Å². The Morgan fingerprint density at radius 1 is 1.29 bits per heavy atom. The third-order valence-electron chi connectivity index (χ3n) is 3.52. The van der Waals surface area contributed by atoms with Gasteiger partial charge in [-0.25, -0.2) is 0 Å². The summed E-state index contributed by atoms with van der Waals surface area (Å²) in [6, 6.07) is 1.39. The van der Waals surface area contributed by atoms with Crippen LogP contribution in [-0.4, -0.2) is 24.3 Å². The Bertz CT molecular complexity index is 198. The zero-order chi connectivity index (χ0) is 10.2. The highest BCUT2D eigenvalue weighted by Crippen LogP contribution is 2.33. The molecule has 0 aromatic rings. The molecule has 2 nitrogen and oxygen atoms in total. The maximum absolute atomic E-state index is 5.71. The SMILES string of the molecule is CC(NC1CCOC(C)(C)C1)C1CC1. The van der Waals surface area contributed by atoms with Crippen molar-refractivity contribution in [2.45, 2.75) is 64.1 Å². The van der Waals surface area contributed by atoms with E-state index in [0.29, 0.717) is 12.1 Å². The molecule has 2 heteroatoms. The van der Waals surface area contributed by atoms with Crippen molar-refractivity contribution in [1.29, 1.82) is 0 Å². The summed E-state index contributed by atoms with van der Waals surface area (Å²) in [6.45, 7) is 7.65. The molecule has 0 spiro atoms. The highest BCUT2D eigenvalue weighted by molar-refractivity contribution is 4.89. The molecular weight excluding hydrogens is 174 g/mol. The molecule has 1 heterocycles. The Morgan fingerprint density at radius 3 is 2.57 bits per heavy atom. The van der Waals surface area contributed by atoms with Crippen LogP contribution in [0.25, 0.3) is 0 Å². The Labute approximate surface area is 87.4 Å². The van der Waals surface area contributed by atoms with Gasteiger partial charge in [0.2, 0.25) is 0 Å². The van der Waals surface area contributed by atoms with E-state index in [2.05, 4.69) is 26.1 Å². The highest BCUT2D eigenvalue weighted by Gasteiger charge is 2.33. The van der Waals surface area contributed by atoms with Crippen molar-refractivity contribution in [3.63, 3.8) is 0 Å². The molecule has 14 heavy (non-hydrogen) atoms. The summed E-state index contributed by atoms with van der Waals surface area (Å²) in [4.78, 5) is 0. The third-order valence-corrected chi connectivity index (χ3v) is 3.52. The summed E-state index contributed by atoms with van der Waals surface area (Å²) in [7, 11) is 0. The van der Waals surface area contributed by atoms with Crippen molar-refractivity contribution in [3.8, 4) is 0 Å². The first-order valence-electron chi connectivity index (χ1n) is 5.97. The molecule has 0 radical (unpaired) electrons. The molecule has 2 fully saturated rings. The quantitative estimate of drug-likeness (QED) is 0.750. The maximum atomic E-state index is 5.71. The first-order valence-corrected chi connectivity index (χ1v) is 5.97. The standard InChI is InChI=1S/C12H23NO/c1-9(10-4-5-10)13-11-6-7-14-12(2,3)8-11/h9-11,13H,4-8H2,1-3H3. The van der Waals surface area contributed by atoms with Crippen molar-refractivity contribution < 1.29 is 4.74 Å². The predicted molar refractivity (Wildman–Crippen MR) is 58.4 cm³/mol. The van der Waals surface area contributed by atoms with Crippen molar-refractivity contribution >= 4 is 0 Å². The minimum Gasteiger partial charge on any atom is -0.375 e. The Hall–Kier alpha value is -0.0800. The predicted octanol–water partition coefficient (Wildman–Crippen LogP) is 2.33. The Kier molecular flexibility index (Phi) is 2.85. The summed E-state index contributed by atoms with van der Waals surface area (Å²) in [5, 5.41) is 3.76. The second-order valence-corrected chi connectivity index (χ2v) is 5.59. The van der Waals surface area contributed by atoms with Gasteiger partial charge in [-0.3, -0.25) is 0 Å². The molecule has 2 atom stereocenters. The van der Waals surface area contributed by atoms with Crippen LogP contribution in [0.3, 0.4) is 0 Å². The molecule has 2 rings (SSSR count). The third kappa shape index (κ3) is 2.71. The van der Waals surface area contributed by atoms with Crippen molar-refractivity contribution in [2.75, 3.05) is 6.61 Å². The average Bonchev–Trinajstić information content (AvgIpc) is 2.83. The number of ether oxygens (including phenoxy) is 1. The van der Waals surface area contributed by atoms with Crippen molar-refractivity contribution in [3.05, 3.63) is 0 Å². The van der Waals surface area contributed by atoms with Gasteiger partial charge >= 0.3 is 0 Å². The average molecular weight is 197 g/mol. The van der Waals surface area contributed by atoms with E-state index in [-0.39, 0.29) is 5.60 Å². The lowest BCUT2D eigenvalue weighted by atomic mass is 9.93. The molecule has 1 saturated carbocycles. The molecule has 0 amide bonds.